The fourth-order valence-electron chi connectivity index (χ4n) is 1.56. The van der Waals surface area contributed by atoms with E-state index in [2.05, 4.69) is 15.1 Å². The highest BCUT2D eigenvalue weighted by Gasteiger charge is 2.08. The summed E-state index contributed by atoms with van der Waals surface area (Å²) in [6.07, 6.45) is 6.05. The summed E-state index contributed by atoms with van der Waals surface area (Å²) in [5.41, 5.74) is -0.186. The number of aromatic amines is 1. The molecule has 19 heavy (non-hydrogen) atoms. The SMILES string of the molecule is CCn1nccc1/C=C/c1ncc(C(=O)O)c(=O)[nH]1. The maximum Gasteiger partial charge on any atom is 0.342 e. The third-order valence-corrected chi connectivity index (χ3v) is 2.51. The van der Waals surface area contributed by atoms with Crippen LogP contribution in [0.2, 0.25) is 0 Å². The summed E-state index contributed by atoms with van der Waals surface area (Å²) in [4.78, 5) is 28.4. The van der Waals surface area contributed by atoms with Crippen molar-refractivity contribution in [3.63, 3.8) is 0 Å². The van der Waals surface area contributed by atoms with E-state index in [0.717, 1.165) is 18.4 Å². The van der Waals surface area contributed by atoms with Crippen LogP contribution in [0.15, 0.2) is 23.3 Å². The van der Waals surface area contributed by atoms with Crippen molar-refractivity contribution in [2.24, 2.45) is 0 Å². The minimum Gasteiger partial charge on any atom is -0.477 e. The van der Waals surface area contributed by atoms with Crippen molar-refractivity contribution in [3.8, 4) is 0 Å². The van der Waals surface area contributed by atoms with Crippen molar-refractivity contribution in [1.29, 1.82) is 0 Å². The molecule has 98 valence electrons. The molecule has 2 N–H and O–H groups in total. The number of rotatable bonds is 4. The second-order valence-electron chi connectivity index (χ2n) is 3.72. The minimum atomic E-state index is -1.30. The summed E-state index contributed by atoms with van der Waals surface area (Å²) >= 11 is 0. The number of carboxylic acid groups (broad SMARTS) is 1. The highest BCUT2D eigenvalue weighted by molar-refractivity contribution is 5.86. The molecule has 0 fully saturated rings. The zero-order valence-electron chi connectivity index (χ0n) is 10.2. The summed E-state index contributed by atoms with van der Waals surface area (Å²) in [6, 6.07) is 1.82. The van der Waals surface area contributed by atoms with Crippen molar-refractivity contribution < 1.29 is 9.90 Å². The van der Waals surface area contributed by atoms with E-state index in [-0.39, 0.29) is 5.56 Å². The minimum absolute atomic E-state index is 0.291. The zero-order valence-corrected chi connectivity index (χ0v) is 10.2. The van der Waals surface area contributed by atoms with Crippen molar-refractivity contribution in [2.45, 2.75) is 13.5 Å². The van der Waals surface area contributed by atoms with E-state index in [1.165, 1.54) is 0 Å². The molecule has 2 rings (SSSR count). The van der Waals surface area contributed by atoms with Crippen LogP contribution in [-0.2, 0) is 6.54 Å². The number of H-pyrrole nitrogens is 1. The largest absolute Gasteiger partial charge is 0.477 e. The standard InChI is InChI=1S/C12H12N4O3/c1-2-16-8(5-6-14-16)3-4-10-13-7-9(12(18)19)11(17)15-10/h3-7H,2H2,1H3,(H,18,19)(H,13,15,17)/b4-3+. The van der Waals surface area contributed by atoms with E-state index in [1.807, 2.05) is 13.0 Å². The molecule has 2 aromatic rings. The smallest absolute Gasteiger partial charge is 0.342 e. The molecule has 2 heterocycles. The molecule has 0 spiro atoms. The molecular formula is C12H12N4O3. The molecule has 0 aliphatic heterocycles. The molecule has 0 bridgehead atoms. The molecule has 0 unspecified atom stereocenters. The van der Waals surface area contributed by atoms with Crippen LogP contribution in [0.25, 0.3) is 12.2 Å². The van der Waals surface area contributed by atoms with Crippen molar-refractivity contribution >= 4 is 18.1 Å². The van der Waals surface area contributed by atoms with Gasteiger partial charge in [0.05, 0.1) is 5.69 Å². The van der Waals surface area contributed by atoms with Gasteiger partial charge in [-0.2, -0.15) is 5.10 Å². The van der Waals surface area contributed by atoms with E-state index >= 15 is 0 Å². The Bertz CT molecular complexity index is 684. The van der Waals surface area contributed by atoms with Crippen LogP contribution in [0.4, 0.5) is 0 Å². The molecule has 0 aliphatic carbocycles. The second-order valence-corrected chi connectivity index (χ2v) is 3.72. The Morgan fingerprint density at radius 2 is 2.32 bits per heavy atom. The van der Waals surface area contributed by atoms with Crippen LogP contribution in [0, 0.1) is 0 Å². The topological polar surface area (TPSA) is 101 Å². The molecular weight excluding hydrogens is 248 g/mol. The molecule has 7 nitrogen and oxygen atoms in total. The van der Waals surface area contributed by atoms with Gasteiger partial charge in [0.25, 0.3) is 5.56 Å². The zero-order chi connectivity index (χ0) is 13.8. The number of carboxylic acids is 1. The highest BCUT2D eigenvalue weighted by Crippen LogP contribution is 2.04. The average Bonchev–Trinajstić information content (AvgIpc) is 2.83. The normalized spacial score (nSPS) is 11.0. The van der Waals surface area contributed by atoms with Crippen molar-refractivity contribution in [1.82, 2.24) is 19.7 Å². The first-order valence-electron chi connectivity index (χ1n) is 5.64. The van der Waals surface area contributed by atoms with Gasteiger partial charge in [-0.3, -0.25) is 9.48 Å². The fourth-order valence-corrected chi connectivity index (χ4v) is 1.56. The van der Waals surface area contributed by atoms with Crippen LogP contribution in [0.5, 0.6) is 0 Å². The number of aryl methyl sites for hydroxylation is 1. The monoisotopic (exact) mass is 260 g/mol. The predicted octanol–water partition coefficient (Wildman–Crippen LogP) is 0.855. The van der Waals surface area contributed by atoms with Gasteiger partial charge in [0.15, 0.2) is 0 Å². The second kappa shape index (κ2) is 5.30. The number of hydrogen-bond donors (Lipinski definition) is 2. The van der Waals surface area contributed by atoms with Crippen LogP contribution < -0.4 is 5.56 Å². The maximum absolute atomic E-state index is 11.4. The van der Waals surface area contributed by atoms with Gasteiger partial charge in [0.1, 0.15) is 11.4 Å². The molecule has 0 aliphatic rings. The molecule has 2 aromatic heterocycles. The summed E-state index contributed by atoms with van der Waals surface area (Å²) in [5.74, 6) is -1.01. The summed E-state index contributed by atoms with van der Waals surface area (Å²) in [6.45, 7) is 2.70. The quantitative estimate of drug-likeness (QED) is 0.848. The number of hydrogen-bond acceptors (Lipinski definition) is 4. The lowest BCUT2D eigenvalue weighted by Crippen LogP contribution is -2.18. The number of aromatic carboxylic acids is 1. The molecule has 7 heteroatoms. The van der Waals surface area contributed by atoms with Crippen LogP contribution in [0.3, 0.4) is 0 Å². The van der Waals surface area contributed by atoms with Crippen LogP contribution in [-0.4, -0.2) is 30.8 Å². The van der Waals surface area contributed by atoms with Crippen LogP contribution >= 0.6 is 0 Å². The van der Waals surface area contributed by atoms with Crippen molar-refractivity contribution in [3.05, 3.63) is 45.9 Å². The van der Waals surface area contributed by atoms with E-state index in [1.54, 1.807) is 23.0 Å². The Balaban J connectivity index is 2.27. The number of aromatic nitrogens is 4. The van der Waals surface area contributed by atoms with E-state index in [4.69, 9.17) is 5.11 Å². The Morgan fingerprint density at radius 1 is 1.53 bits per heavy atom. The van der Waals surface area contributed by atoms with E-state index in [9.17, 15) is 9.59 Å². The maximum atomic E-state index is 11.4. The van der Waals surface area contributed by atoms with Gasteiger partial charge < -0.3 is 10.1 Å². The lowest BCUT2D eigenvalue weighted by atomic mass is 10.3. The first kappa shape index (κ1) is 12.7. The van der Waals surface area contributed by atoms with Gasteiger partial charge >= 0.3 is 5.97 Å². The van der Waals surface area contributed by atoms with Crippen molar-refractivity contribution in [2.75, 3.05) is 0 Å². The first-order chi connectivity index (χ1) is 9.11. The van der Waals surface area contributed by atoms with E-state index < -0.39 is 11.5 Å². The van der Waals surface area contributed by atoms with Gasteiger partial charge in [-0.15, -0.1) is 0 Å². The lowest BCUT2D eigenvalue weighted by molar-refractivity contribution is 0.0694. The summed E-state index contributed by atoms with van der Waals surface area (Å²) < 4.78 is 1.78. The van der Waals surface area contributed by atoms with Gasteiger partial charge in [-0.1, -0.05) is 0 Å². The Hall–Kier alpha value is -2.70. The number of nitrogens with one attached hydrogen (secondary N) is 1. The summed E-state index contributed by atoms with van der Waals surface area (Å²) in [7, 11) is 0. The average molecular weight is 260 g/mol. The Labute approximate surface area is 108 Å². The molecule has 0 saturated heterocycles. The third kappa shape index (κ3) is 2.76. The number of carbonyl (C=O) groups is 1. The van der Waals surface area contributed by atoms with Gasteiger partial charge in [-0.25, -0.2) is 9.78 Å². The molecule has 0 radical (unpaired) electrons. The predicted molar refractivity (Wildman–Crippen MR) is 68.6 cm³/mol. The van der Waals surface area contributed by atoms with Crippen LogP contribution in [0.1, 0.15) is 28.8 Å². The summed E-state index contributed by atoms with van der Waals surface area (Å²) in [5, 5.41) is 12.8. The van der Waals surface area contributed by atoms with Gasteiger partial charge in [0.2, 0.25) is 0 Å². The van der Waals surface area contributed by atoms with Gasteiger partial charge in [-0.05, 0) is 25.1 Å². The Morgan fingerprint density at radius 3 is 2.95 bits per heavy atom. The molecule has 0 aromatic carbocycles. The highest BCUT2D eigenvalue weighted by atomic mass is 16.4. The first-order valence-corrected chi connectivity index (χ1v) is 5.64. The molecule has 0 saturated carbocycles. The fraction of sp³-hybridized carbons (Fsp3) is 0.167. The lowest BCUT2D eigenvalue weighted by Gasteiger charge is -1.99. The van der Waals surface area contributed by atoms with Gasteiger partial charge in [0, 0.05) is 18.9 Å². The number of nitrogens with zero attached hydrogens (tertiary/aromatic N) is 3. The Kier molecular flexibility index (Phi) is 3.56. The molecule has 0 atom stereocenters. The van der Waals surface area contributed by atoms with E-state index in [0.29, 0.717) is 5.82 Å². The molecule has 0 amide bonds. The third-order valence-electron chi connectivity index (χ3n) is 2.51.